The van der Waals surface area contributed by atoms with E-state index >= 15 is 0 Å². The Bertz CT molecular complexity index is 1010. The maximum Gasteiger partial charge on any atom is 0.412 e. The van der Waals surface area contributed by atoms with Gasteiger partial charge in [0.1, 0.15) is 5.60 Å². The van der Waals surface area contributed by atoms with Crippen LogP contribution in [-0.4, -0.2) is 41.9 Å². The van der Waals surface area contributed by atoms with Gasteiger partial charge in [-0.05, 0) is 63.5 Å². The molecule has 0 saturated heterocycles. The van der Waals surface area contributed by atoms with Crippen molar-refractivity contribution in [2.24, 2.45) is 0 Å². The highest BCUT2D eigenvalue weighted by Crippen LogP contribution is 2.23. The third-order valence-corrected chi connectivity index (χ3v) is 4.58. The van der Waals surface area contributed by atoms with Crippen LogP contribution in [0.2, 0.25) is 0 Å². The van der Waals surface area contributed by atoms with Gasteiger partial charge in [-0.15, -0.1) is 0 Å². The lowest BCUT2D eigenvalue weighted by molar-refractivity contribution is -0.145. The van der Waals surface area contributed by atoms with E-state index < -0.39 is 17.6 Å². The summed E-state index contributed by atoms with van der Waals surface area (Å²) in [6.45, 7) is 7.17. The Morgan fingerprint density at radius 3 is 2.18 bits per heavy atom. The van der Waals surface area contributed by atoms with Gasteiger partial charge in [0.05, 0.1) is 23.9 Å². The van der Waals surface area contributed by atoms with Crippen molar-refractivity contribution in [1.82, 2.24) is 0 Å². The fourth-order valence-electron chi connectivity index (χ4n) is 3.09. The topological polar surface area (TPSA) is 114 Å². The van der Waals surface area contributed by atoms with Crippen LogP contribution in [0, 0.1) is 0 Å². The van der Waals surface area contributed by atoms with Gasteiger partial charge >= 0.3 is 12.1 Å². The molecule has 2 amide bonds. The standard InChI is InChI=1S/C26H32N2O6/c1-5-33-24(31)20(16-17-29)19-13-10-18(11-14-19)12-15-23(30)27-21-8-6-7-9-22(21)28-25(32)34-26(2,3)4/h6-15,20,29H,5,16-17H2,1-4H3,(H,27,30)(H,28,32). The van der Waals surface area contributed by atoms with Crippen LogP contribution in [0.25, 0.3) is 6.08 Å². The predicted molar refractivity (Wildman–Crippen MR) is 131 cm³/mol. The lowest BCUT2D eigenvalue weighted by Gasteiger charge is -2.20. The number of ether oxygens (including phenoxy) is 2. The van der Waals surface area contributed by atoms with Gasteiger partial charge in [-0.3, -0.25) is 14.9 Å². The molecular weight excluding hydrogens is 436 g/mol. The molecule has 8 heteroatoms. The molecule has 0 spiro atoms. The first-order valence-electron chi connectivity index (χ1n) is 11.1. The molecule has 0 fully saturated rings. The molecule has 34 heavy (non-hydrogen) atoms. The van der Waals surface area contributed by atoms with Crippen molar-refractivity contribution in [2.75, 3.05) is 23.8 Å². The third kappa shape index (κ3) is 8.71. The number of aliphatic hydroxyl groups is 1. The summed E-state index contributed by atoms with van der Waals surface area (Å²) in [5.41, 5.74) is 1.69. The molecule has 0 aliphatic rings. The molecular formula is C26H32N2O6. The Labute approximate surface area is 200 Å². The van der Waals surface area contributed by atoms with Crippen LogP contribution in [0.5, 0.6) is 0 Å². The van der Waals surface area contributed by atoms with Crippen molar-refractivity contribution in [1.29, 1.82) is 0 Å². The number of benzene rings is 2. The minimum atomic E-state index is -0.644. The molecule has 2 rings (SSSR count). The van der Waals surface area contributed by atoms with E-state index in [1.165, 1.54) is 6.08 Å². The van der Waals surface area contributed by atoms with Crippen LogP contribution in [-0.2, 0) is 19.1 Å². The largest absolute Gasteiger partial charge is 0.466 e. The molecule has 182 valence electrons. The summed E-state index contributed by atoms with van der Waals surface area (Å²) < 4.78 is 10.3. The smallest absolute Gasteiger partial charge is 0.412 e. The van der Waals surface area contributed by atoms with Crippen LogP contribution < -0.4 is 10.6 Å². The summed E-state index contributed by atoms with van der Waals surface area (Å²) in [6, 6.07) is 13.9. The SMILES string of the molecule is CCOC(=O)C(CCO)c1ccc(C=CC(=O)Nc2ccccc2NC(=O)OC(C)(C)C)cc1. The summed E-state index contributed by atoms with van der Waals surface area (Å²) in [4.78, 5) is 36.6. The Kier molecular flexibility index (Phi) is 9.82. The minimum Gasteiger partial charge on any atom is -0.466 e. The summed E-state index contributed by atoms with van der Waals surface area (Å²) in [6.07, 6.45) is 2.66. The number of aliphatic hydroxyl groups excluding tert-OH is 1. The quantitative estimate of drug-likeness (QED) is 0.363. The third-order valence-electron chi connectivity index (χ3n) is 4.58. The fraction of sp³-hybridized carbons (Fsp3) is 0.346. The van der Waals surface area contributed by atoms with Crippen molar-refractivity contribution in [3.05, 3.63) is 65.7 Å². The summed E-state index contributed by atoms with van der Waals surface area (Å²) in [5.74, 6) is -1.30. The predicted octanol–water partition coefficient (Wildman–Crippen LogP) is 4.71. The van der Waals surface area contributed by atoms with Gasteiger partial charge in [0.15, 0.2) is 0 Å². The van der Waals surface area contributed by atoms with Gasteiger partial charge in [0.2, 0.25) is 5.91 Å². The van der Waals surface area contributed by atoms with Crippen LogP contribution in [0.3, 0.4) is 0 Å². The number of rotatable bonds is 9. The molecule has 0 heterocycles. The number of para-hydroxylation sites is 2. The molecule has 0 aliphatic carbocycles. The number of hydrogen-bond donors (Lipinski definition) is 3. The number of esters is 1. The second-order valence-corrected chi connectivity index (χ2v) is 8.48. The molecule has 0 saturated carbocycles. The number of hydrogen-bond acceptors (Lipinski definition) is 6. The van der Waals surface area contributed by atoms with E-state index in [1.807, 2.05) is 0 Å². The van der Waals surface area contributed by atoms with E-state index in [9.17, 15) is 19.5 Å². The van der Waals surface area contributed by atoms with E-state index in [0.717, 1.165) is 11.1 Å². The van der Waals surface area contributed by atoms with Crippen LogP contribution in [0.15, 0.2) is 54.6 Å². The van der Waals surface area contributed by atoms with Crippen molar-refractivity contribution >= 4 is 35.4 Å². The number of anilines is 2. The Morgan fingerprint density at radius 2 is 1.62 bits per heavy atom. The zero-order valence-electron chi connectivity index (χ0n) is 20.0. The lowest BCUT2D eigenvalue weighted by Crippen LogP contribution is -2.27. The van der Waals surface area contributed by atoms with Gasteiger partial charge in [-0.25, -0.2) is 4.79 Å². The molecule has 0 aromatic heterocycles. The maximum absolute atomic E-state index is 12.4. The first kappa shape index (κ1) is 26.6. The zero-order valence-corrected chi connectivity index (χ0v) is 20.0. The highest BCUT2D eigenvalue weighted by molar-refractivity contribution is 6.05. The minimum absolute atomic E-state index is 0.129. The van der Waals surface area contributed by atoms with Crippen molar-refractivity contribution in [3.63, 3.8) is 0 Å². The van der Waals surface area contributed by atoms with E-state index in [1.54, 1.807) is 82.3 Å². The number of nitrogens with one attached hydrogen (secondary N) is 2. The lowest BCUT2D eigenvalue weighted by atomic mass is 9.95. The van der Waals surface area contributed by atoms with E-state index in [0.29, 0.717) is 11.4 Å². The van der Waals surface area contributed by atoms with Crippen molar-refractivity contribution < 1.29 is 29.0 Å². The normalized spacial score (nSPS) is 12.1. The van der Waals surface area contributed by atoms with Gasteiger partial charge in [0.25, 0.3) is 0 Å². The summed E-state index contributed by atoms with van der Waals surface area (Å²) in [5, 5.41) is 14.6. The molecule has 2 aromatic rings. The molecule has 0 bridgehead atoms. The van der Waals surface area contributed by atoms with Crippen LogP contribution in [0.4, 0.5) is 16.2 Å². The highest BCUT2D eigenvalue weighted by atomic mass is 16.6. The molecule has 8 nitrogen and oxygen atoms in total. The monoisotopic (exact) mass is 468 g/mol. The maximum atomic E-state index is 12.4. The van der Waals surface area contributed by atoms with Gasteiger partial charge in [-0.2, -0.15) is 0 Å². The van der Waals surface area contributed by atoms with Gasteiger partial charge in [0, 0.05) is 12.7 Å². The van der Waals surface area contributed by atoms with E-state index in [2.05, 4.69) is 10.6 Å². The number of carbonyl (C=O) groups excluding carboxylic acids is 3. The highest BCUT2D eigenvalue weighted by Gasteiger charge is 2.21. The Morgan fingerprint density at radius 1 is 1.00 bits per heavy atom. The second kappa shape index (κ2) is 12.6. The average molecular weight is 469 g/mol. The van der Waals surface area contributed by atoms with Gasteiger partial charge in [-0.1, -0.05) is 36.4 Å². The summed E-state index contributed by atoms with van der Waals surface area (Å²) in [7, 11) is 0. The molecule has 2 aromatic carbocycles. The van der Waals surface area contributed by atoms with Crippen LogP contribution in [0.1, 0.15) is 51.2 Å². The van der Waals surface area contributed by atoms with Crippen molar-refractivity contribution in [2.45, 2.75) is 45.6 Å². The molecule has 1 unspecified atom stereocenters. The molecule has 0 aliphatic heterocycles. The zero-order chi connectivity index (χ0) is 25.1. The van der Waals surface area contributed by atoms with Crippen molar-refractivity contribution in [3.8, 4) is 0 Å². The number of amides is 2. The molecule has 1 atom stereocenters. The summed E-state index contributed by atoms with van der Waals surface area (Å²) >= 11 is 0. The fourth-order valence-corrected chi connectivity index (χ4v) is 3.09. The number of carbonyl (C=O) groups is 3. The first-order valence-corrected chi connectivity index (χ1v) is 11.1. The Balaban J connectivity index is 2.04. The second-order valence-electron chi connectivity index (χ2n) is 8.48. The molecule has 3 N–H and O–H groups in total. The average Bonchev–Trinajstić information content (AvgIpc) is 2.77. The van der Waals surface area contributed by atoms with E-state index in [4.69, 9.17) is 9.47 Å². The van der Waals surface area contributed by atoms with E-state index in [-0.39, 0.29) is 31.5 Å². The molecule has 0 radical (unpaired) electrons. The van der Waals surface area contributed by atoms with Gasteiger partial charge < -0.3 is 19.9 Å². The van der Waals surface area contributed by atoms with Crippen LogP contribution >= 0.6 is 0 Å². The Hall–Kier alpha value is -3.65. The first-order chi connectivity index (χ1) is 16.1.